The van der Waals surface area contributed by atoms with E-state index in [1.165, 1.54) is 0 Å². The van der Waals surface area contributed by atoms with Crippen molar-refractivity contribution in [3.05, 3.63) is 28.6 Å². The Morgan fingerprint density at radius 2 is 2.26 bits per heavy atom. The summed E-state index contributed by atoms with van der Waals surface area (Å²) in [5, 5.41) is 5.85. The summed E-state index contributed by atoms with van der Waals surface area (Å²) in [5.41, 5.74) is 6.42. The standard InChI is InChI=1S/C12H15N5O2/c1-14-10(18)4-5-15-12-16-9-3-2-7(13)6-8(9)11(19)17-12/h2-3,6H,4-5,13H2,1H3,(H,14,18)(H2,15,16,17,19). The highest BCUT2D eigenvalue weighted by Gasteiger charge is 2.04. The van der Waals surface area contributed by atoms with Crippen LogP contribution in [0.3, 0.4) is 0 Å². The highest BCUT2D eigenvalue weighted by atomic mass is 16.1. The molecule has 0 atom stereocenters. The molecule has 19 heavy (non-hydrogen) atoms. The van der Waals surface area contributed by atoms with Crippen LogP contribution in [0, 0.1) is 0 Å². The van der Waals surface area contributed by atoms with Gasteiger partial charge < -0.3 is 16.4 Å². The molecule has 0 saturated carbocycles. The third kappa shape index (κ3) is 3.01. The molecule has 0 fully saturated rings. The highest BCUT2D eigenvalue weighted by Crippen LogP contribution is 2.12. The van der Waals surface area contributed by atoms with Gasteiger partial charge >= 0.3 is 0 Å². The van der Waals surface area contributed by atoms with Gasteiger partial charge in [-0.1, -0.05) is 0 Å². The van der Waals surface area contributed by atoms with Crippen LogP contribution < -0.4 is 21.9 Å². The first-order chi connectivity index (χ1) is 9.10. The van der Waals surface area contributed by atoms with Crippen LogP contribution in [0.4, 0.5) is 11.6 Å². The van der Waals surface area contributed by atoms with Crippen LogP contribution in [0.2, 0.25) is 0 Å². The zero-order valence-corrected chi connectivity index (χ0v) is 10.5. The number of nitrogens with one attached hydrogen (secondary N) is 3. The SMILES string of the molecule is CNC(=O)CCNc1nc2ccc(N)cc2c(=O)[nH]1. The number of hydrogen-bond acceptors (Lipinski definition) is 5. The topological polar surface area (TPSA) is 113 Å². The van der Waals surface area contributed by atoms with Gasteiger partial charge in [-0.05, 0) is 18.2 Å². The van der Waals surface area contributed by atoms with Crippen LogP contribution in [0.5, 0.6) is 0 Å². The fraction of sp³-hybridized carbons (Fsp3) is 0.250. The molecule has 0 aliphatic carbocycles. The number of hydrogen-bond donors (Lipinski definition) is 4. The Morgan fingerprint density at radius 3 is 3.00 bits per heavy atom. The Morgan fingerprint density at radius 1 is 1.47 bits per heavy atom. The largest absolute Gasteiger partial charge is 0.399 e. The number of anilines is 2. The lowest BCUT2D eigenvalue weighted by Gasteiger charge is -2.06. The Bertz CT molecular complexity index is 665. The summed E-state index contributed by atoms with van der Waals surface area (Å²) >= 11 is 0. The summed E-state index contributed by atoms with van der Waals surface area (Å²) in [6.45, 7) is 0.392. The van der Waals surface area contributed by atoms with Crippen molar-refractivity contribution >= 4 is 28.4 Å². The molecule has 2 rings (SSSR count). The van der Waals surface area contributed by atoms with E-state index in [0.717, 1.165) is 0 Å². The molecule has 7 heteroatoms. The van der Waals surface area contributed by atoms with Crippen LogP contribution in [0.25, 0.3) is 10.9 Å². The van der Waals surface area contributed by atoms with Gasteiger partial charge in [0, 0.05) is 25.7 Å². The first-order valence-corrected chi connectivity index (χ1v) is 5.84. The summed E-state index contributed by atoms with van der Waals surface area (Å²) < 4.78 is 0. The van der Waals surface area contributed by atoms with Gasteiger partial charge in [0.15, 0.2) is 0 Å². The molecule has 2 aromatic rings. The van der Waals surface area contributed by atoms with E-state index in [4.69, 9.17) is 5.73 Å². The summed E-state index contributed by atoms with van der Waals surface area (Å²) in [4.78, 5) is 29.7. The van der Waals surface area contributed by atoms with E-state index in [1.807, 2.05) is 0 Å². The predicted molar refractivity (Wildman–Crippen MR) is 73.9 cm³/mol. The number of H-pyrrole nitrogens is 1. The number of nitrogens with two attached hydrogens (primary N) is 1. The molecule has 100 valence electrons. The maximum Gasteiger partial charge on any atom is 0.260 e. The predicted octanol–water partition coefficient (Wildman–Crippen LogP) is 0.0533. The third-order valence-electron chi connectivity index (χ3n) is 2.65. The molecule has 5 N–H and O–H groups in total. The first kappa shape index (κ1) is 12.9. The van der Waals surface area contributed by atoms with Gasteiger partial charge in [0.25, 0.3) is 5.56 Å². The van der Waals surface area contributed by atoms with Gasteiger partial charge in [0.2, 0.25) is 11.9 Å². The van der Waals surface area contributed by atoms with Gasteiger partial charge in [0.1, 0.15) is 0 Å². The Balaban J connectivity index is 2.19. The van der Waals surface area contributed by atoms with E-state index in [2.05, 4.69) is 20.6 Å². The maximum atomic E-state index is 11.8. The Hall–Kier alpha value is -2.57. The van der Waals surface area contributed by atoms with Crippen molar-refractivity contribution < 1.29 is 4.79 Å². The number of nitrogen functional groups attached to an aromatic ring is 1. The van der Waals surface area contributed by atoms with Crippen molar-refractivity contribution in [2.75, 3.05) is 24.6 Å². The molecule has 7 nitrogen and oxygen atoms in total. The van der Waals surface area contributed by atoms with E-state index >= 15 is 0 Å². The summed E-state index contributed by atoms with van der Waals surface area (Å²) in [6, 6.07) is 4.95. The molecule has 1 amide bonds. The van der Waals surface area contributed by atoms with Gasteiger partial charge in [-0.3, -0.25) is 14.6 Å². The third-order valence-corrected chi connectivity index (χ3v) is 2.65. The molecule has 1 aromatic carbocycles. The number of benzene rings is 1. The number of nitrogens with zero attached hydrogens (tertiary/aromatic N) is 1. The molecule has 0 radical (unpaired) electrons. The molecule has 0 unspecified atom stereocenters. The van der Waals surface area contributed by atoms with E-state index in [9.17, 15) is 9.59 Å². The lowest BCUT2D eigenvalue weighted by Crippen LogP contribution is -2.22. The van der Waals surface area contributed by atoms with Crippen molar-refractivity contribution in [1.82, 2.24) is 15.3 Å². The minimum absolute atomic E-state index is 0.0802. The Labute approximate surface area is 109 Å². The zero-order valence-electron chi connectivity index (χ0n) is 10.5. The fourth-order valence-corrected chi connectivity index (χ4v) is 1.66. The maximum absolute atomic E-state index is 11.8. The number of amides is 1. The summed E-state index contributed by atoms with van der Waals surface area (Å²) in [6.07, 6.45) is 0.306. The second-order valence-corrected chi connectivity index (χ2v) is 4.04. The second-order valence-electron chi connectivity index (χ2n) is 4.04. The van der Waals surface area contributed by atoms with Crippen LogP contribution >= 0.6 is 0 Å². The van der Waals surface area contributed by atoms with Crippen molar-refractivity contribution in [3.8, 4) is 0 Å². The highest BCUT2D eigenvalue weighted by molar-refractivity contribution is 5.81. The minimum atomic E-state index is -0.264. The van der Waals surface area contributed by atoms with E-state index in [1.54, 1.807) is 25.2 Å². The lowest BCUT2D eigenvalue weighted by molar-refractivity contribution is -0.120. The van der Waals surface area contributed by atoms with E-state index in [0.29, 0.717) is 35.5 Å². The van der Waals surface area contributed by atoms with Crippen molar-refractivity contribution in [1.29, 1.82) is 0 Å². The van der Waals surface area contributed by atoms with Crippen LogP contribution in [0.15, 0.2) is 23.0 Å². The molecule has 0 aliphatic rings. The van der Waals surface area contributed by atoms with Crippen molar-refractivity contribution in [2.45, 2.75) is 6.42 Å². The van der Waals surface area contributed by atoms with Gasteiger partial charge in [-0.2, -0.15) is 0 Å². The smallest absolute Gasteiger partial charge is 0.260 e. The number of carbonyl (C=O) groups is 1. The number of carbonyl (C=O) groups excluding carboxylic acids is 1. The van der Waals surface area contributed by atoms with Gasteiger partial charge in [0.05, 0.1) is 10.9 Å². The second kappa shape index (κ2) is 5.38. The molecule has 0 bridgehead atoms. The molecular weight excluding hydrogens is 246 g/mol. The van der Waals surface area contributed by atoms with E-state index in [-0.39, 0.29) is 11.5 Å². The lowest BCUT2D eigenvalue weighted by atomic mass is 10.2. The molecule has 0 spiro atoms. The number of aromatic nitrogens is 2. The average Bonchev–Trinajstić information content (AvgIpc) is 2.39. The fourth-order valence-electron chi connectivity index (χ4n) is 1.66. The van der Waals surface area contributed by atoms with Crippen molar-refractivity contribution in [3.63, 3.8) is 0 Å². The molecule has 0 saturated heterocycles. The molecular formula is C12H15N5O2. The zero-order chi connectivity index (χ0) is 13.8. The van der Waals surface area contributed by atoms with Gasteiger partial charge in [-0.15, -0.1) is 0 Å². The summed E-state index contributed by atoms with van der Waals surface area (Å²) in [7, 11) is 1.57. The molecule has 1 aromatic heterocycles. The van der Waals surface area contributed by atoms with Crippen LogP contribution in [-0.2, 0) is 4.79 Å². The molecule has 0 aliphatic heterocycles. The summed E-state index contributed by atoms with van der Waals surface area (Å²) in [5.74, 6) is 0.259. The number of rotatable bonds is 4. The average molecular weight is 261 g/mol. The van der Waals surface area contributed by atoms with Crippen molar-refractivity contribution in [2.24, 2.45) is 0 Å². The van der Waals surface area contributed by atoms with Crippen LogP contribution in [-0.4, -0.2) is 29.5 Å². The quantitative estimate of drug-likeness (QED) is 0.581. The Kier molecular flexibility index (Phi) is 3.65. The van der Waals surface area contributed by atoms with E-state index < -0.39 is 0 Å². The number of fused-ring (bicyclic) bond motifs is 1. The minimum Gasteiger partial charge on any atom is -0.399 e. The first-order valence-electron chi connectivity index (χ1n) is 5.84. The monoisotopic (exact) mass is 261 g/mol. The normalized spacial score (nSPS) is 10.4. The molecule has 1 heterocycles. The van der Waals surface area contributed by atoms with Gasteiger partial charge in [-0.25, -0.2) is 4.98 Å². The van der Waals surface area contributed by atoms with Crippen LogP contribution in [0.1, 0.15) is 6.42 Å². The number of aromatic amines is 1.